The van der Waals surface area contributed by atoms with Crippen molar-refractivity contribution < 1.29 is 53.8 Å². The molecule has 0 aromatic heterocycles. The van der Waals surface area contributed by atoms with E-state index in [0.717, 1.165) is 16.7 Å². The Hall–Kier alpha value is -4.64. The third kappa shape index (κ3) is 10.1. The molecule has 1 aliphatic rings. The van der Waals surface area contributed by atoms with Gasteiger partial charge in [-0.05, 0) is 72.0 Å². The molecule has 0 unspecified atom stereocenters. The van der Waals surface area contributed by atoms with E-state index in [9.17, 15) is 29.4 Å². The van der Waals surface area contributed by atoms with Crippen molar-refractivity contribution in [2.45, 2.75) is 25.8 Å². The number of carboxylic acids is 2. The SMILES string of the molecule is COc1cc2c(c(OC)c1OC)-c1ccc(OC)c(=O)cc1[C@@H](NC(C)=O)CC2.O=C(O)c1cccc(N=Nc2cccc(C(=O)O)c2O)c1O.[Na].[Na]. The number of carbonyl (C=O) groups excluding carboxylic acids is 1. The van der Waals surface area contributed by atoms with E-state index in [1.807, 2.05) is 12.1 Å². The van der Waals surface area contributed by atoms with Crippen LogP contribution in [0.4, 0.5) is 11.4 Å². The largest absolute Gasteiger partial charge is 0.505 e. The van der Waals surface area contributed by atoms with E-state index in [1.54, 1.807) is 27.4 Å². The van der Waals surface area contributed by atoms with Gasteiger partial charge in [-0.25, -0.2) is 9.59 Å². The van der Waals surface area contributed by atoms with Gasteiger partial charge in [0, 0.05) is 71.6 Å². The molecule has 268 valence electrons. The molecule has 0 heterocycles. The van der Waals surface area contributed by atoms with Crippen LogP contribution in [0, 0.1) is 0 Å². The van der Waals surface area contributed by atoms with Gasteiger partial charge in [0.25, 0.3) is 0 Å². The minimum atomic E-state index is -1.33. The first-order valence-corrected chi connectivity index (χ1v) is 15.2. The molecule has 0 fully saturated rings. The fourth-order valence-corrected chi connectivity index (χ4v) is 5.54. The predicted octanol–water partition coefficient (Wildman–Crippen LogP) is 5.02. The molecule has 0 saturated carbocycles. The number of hydrogen-bond acceptors (Lipinski definition) is 12. The van der Waals surface area contributed by atoms with Gasteiger partial charge in [-0.3, -0.25) is 9.59 Å². The molecule has 17 heteroatoms. The minimum absolute atomic E-state index is 0. The van der Waals surface area contributed by atoms with Crippen LogP contribution in [-0.2, 0) is 11.2 Å². The van der Waals surface area contributed by atoms with E-state index < -0.39 is 23.4 Å². The second-order valence-corrected chi connectivity index (χ2v) is 10.9. The van der Waals surface area contributed by atoms with Crippen LogP contribution in [-0.4, -0.2) is 126 Å². The fraction of sp³-hybridized carbons (Fsp3) is 0.222. The van der Waals surface area contributed by atoms with Crippen molar-refractivity contribution in [2.24, 2.45) is 10.2 Å². The molecule has 1 aliphatic carbocycles. The Labute approximate surface area is 348 Å². The molecule has 2 radical (unpaired) electrons. The van der Waals surface area contributed by atoms with Gasteiger partial charge < -0.3 is 44.7 Å². The van der Waals surface area contributed by atoms with Gasteiger partial charge in [0.15, 0.2) is 28.7 Å². The molecule has 0 bridgehead atoms. The molecule has 4 aromatic rings. The number of phenols is 2. The fourth-order valence-electron chi connectivity index (χ4n) is 5.54. The maximum atomic E-state index is 12.6. The average Bonchev–Trinajstić information content (AvgIpc) is 3.35. The first-order valence-electron chi connectivity index (χ1n) is 15.2. The van der Waals surface area contributed by atoms with E-state index in [1.165, 1.54) is 56.5 Å². The van der Waals surface area contributed by atoms with Crippen LogP contribution in [0.5, 0.6) is 34.5 Å². The molecule has 1 atom stereocenters. The topological polar surface area (TPSA) is 223 Å². The number of amides is 1. The molecule has 5 N–H and O–H groups in total. The maximum Gasteiger partial charge on any atom is 0.339 e. The van der Waals surface area contributed by atoms with Crippen LogP contribution in [0.3, 0.4) is 0 Å². The van der Waals surface area contributed by atoms with E-state index in [2.05, 4.69) is 15.5 Å². The van der Waals surface area contributed by atoms with Crippen molar-refractivity contribution in [2.75, 3.05) is 28.4 Å². The normalized spacial score (nSPS) is 12.5. The Morgan fingerprint density at radius 3 is 1.72 bits per heavy atom. The van der Waals surface area contributed by atoms with Crippen LogP contribution in [0.1, 0.15) is 51.2 Å². The molecule has 4 aromatic carbocycles. The zero-order valence-corrected chi connectivity index (χ0v) is 34.2. The Bertz CT molecular complexity index is 2030. The number of carboxylic acid groups (broad SMARTS) is 2. The molecular formula is C36H35N3Na2O12. The first kappa shape index (κ1) is 44.5. The molecular weight excluding hydrogens is 712 g/mol. The quantitative estimate of drug-likeness (QED) is 0.113. The monoisotopic (exact) mass is 747 g/mol. The third-order valence-electron chi connectivity index (χ3n) is 7.85. The summed E-state index contributed by atoms with van der Waals surface area (Å²) in [5.74, 6) is -2.20. The number of nitrogens with one attached hydrogen (secondary N) is 1. The molecule has 5 rings (SSSR count). The summed E-state index contributed by atoms with van der Waals surface area (Å²) in [4.78, 5) is 46.2. The van der Waals surface area contributed by atoms with Crippen molar-refractivity contribution in [3.63, 3.8) is 0 Å². The number of aromatic carboxylic acids is 2. The number of ether oxygens (including phenoxy) is 4. The number of aromatic hydroxyl groups is 2. The number of carbonyl (C=O) groups is 3. The van der Waals surface area contributed by atoms with Crippen LogP contribution in [0.25, 0.3) is 11.1 Å². The van der Waals surface area contributed by atoms with E-state index >= 15 is 0 Å². The number of nitrogens with zero attached hydrogens (tertiary/aromatic N) is 2. The summed E-state index contributed by atoms with van der Waals surface area (Å²) < 4.78 is 22.0. The Kier molecular flexibility index (Phi) is 16.8. The Morgan fingerprint density at radius 1 is 0.736 bits per heavy atom. The van der Waals surface area contributed by atoms with Crippen molar-refractivity contribution >= 4 is 88.3 Å². The van der Waals surface area contributed by atoms with Crippen LogP contribution in [0.15, 0.2) is 75.7 Å². The van der Waals surface area contributed by atoms with Gasteiger partial charge in [-0.2, -0.15) is 0 Å². The van der Waals surface area contributed by atoms with Gasteiger partial charge >= 0.3 is 11.9 Å². The Balaban J connectivity index is 0.000000366. The van der Waals surface area contributed by atoms with E-state index in [-0.39, 0.29) is 105 Å². The summed E-state index contributed by atoms with van der Waals surface area (Å²) in [6.45, 7) is 1.46. The van der Waals surface area contributed by atoms with Crippen LogP contribution >= 0.6 is 0 Å². The van der Waals surface area contributed by atoms with Crippen LogP contribution in [0.2, 0.25) is 0 Å². The molecule has 15 nitrogen and oxygen atoms in total. The number of azo groups is 1. The second-order valence-electron chi connectivity index (χ2n) is 10.9. The smallest absolute Gasteiger partial charge is 0.339 e. The molecule has 0 aliphatic heterocycles. The molecule has 53 heavy (non-hydrogen) atoms. The summed E-state index contributed by atoms with van der Waals surface area (Å²) >= 11 is 0. The van der Waals surface area contributed by atoms with Gasteiger partial charge in [-0.1, -0.05) is 18.2 Å². The number of methoxy groups -OCH3 is 4. The number of para-hydroxylation sites is 2. The van der Waals surface area contributed by atoms with Crippen LogP contribution < -0.4 is 29.7 Å². The average molecular weight is 748 g/mol. The van der Waals surface area contributed by atoms with Crippen molar-refractivity contribution in [3.05, 3.63) is 93.1 Å². The third-order valence-corrected chi connectivity index (χ3v) is 7.85. The number of hydrogen-bond donors (Lipinski definition) is 5. The first-order chi connectivity index (χ1) is 24.4. The number of fused-ring (bicyclic) bond motifs is 3. The second kappa shape index (κ2) is 20.0. The summed E-state index contributed by atoms with van der Waals surface area (Å²) in [5, 5.41) is 47.5. The number of rotatable bonds is 9. The zero-order valence-electron chi connectivity index (χ0n) is 30.2. The molecule has 1 amide bonds. The van der Waals surface area contributed by atoms with Crippen molar-refractivity contribution in [1.29, 1.82) is 0 Å². The Morgan fingerprint density at radius 2 is 1.26 bits per heavy atom. The van der Waals surface area contributed by atoms with Gasteiger partial charge in [0.05, 0.1) is 34.5 Å². The van der Waals surface area contributed by atoms with Gasteiger partial charge in [0.2, 0.25) is 17.1 Å². The zero-order chi connectivity index (χ0) is 37.4. The summed E-state index contributed by atoms with van der Waals surface area (Å²) in [5.41, 5.74) is 2.07. The summed E-state index contributed by atoms with van der Waals surface area (Å²) in [6.07, 6.45) is 1.27. The van der Waals surface area contributed by atoms with Crippen molar-refractivity contribution in [1.82, 2.24) is 5.32 Å². The van der Waals surface area contributed by atoms with Gasteiger partial charge in [-0.15, -0.1) is 10.2 Å². The predicted molar refractivity (Wildman–Crippen MR) is 195 cm³/mol. The number of benzene rings is 3. The summed E-state index contributed by atoms with van der Waals surface area (Å²) in [6, 6.07) is 14.3. The van der Waals surface area contributed by atoms with Gasteiger partial charge in [0.1, 0.15) is 22.5 Å². The van der Waals surface area contributed by atoms with E-state index in [4.69, 9.17) is 29.2 Å². The van der Waals surface area contributed by atoms with E-state index in [0.29, 0.717) is 35.7 Å². The minimum Gasteiger partial charge on any atom is -0.505 e. The number of aryl methyl sites for hydroxylation is 1. The van der Waals surface area contributed by atoms with Crippen molar-refractivity contribution in [3.8, 4) is 45.6 Å². The maximum absolute atomic E-state index is 12.6. The standard InChI is InChI=1S/C22H25NO6.C14H10N2O6.2Na/c1-12(24)23-16-8-6-13-10-19(27-3)21(28-4)22(29-5)20(13)14-7-9-18(26-2)17(25)11-15(14)16;17-11-7(13(19)20)3-1-5-9(11)15-16-10-6-2-4-8(12(10)18)14(21)22;;/h7,9-11,16H,6,8H2,1-5H3,(H,23,24);1-6,17-18H,(H,19,20)(H,21,22);;/t16-;;;/m0.../s1. The molecule has 0 saturated heterocycles. The summed E-state index contributed by atoms with van der Waals surface area (Å²) in [7, 11) is 6.14. The molecule has 0 spiro atoms.